The predicted octanol–water partition coefficient (Wildman–Crippen LogP) is 1.18. The van der Waals surface area contributed by atoms with Gasteiger partial charge in [-0.3, -0.25) is 0 Å². The van der Waals surface area contributed by atoms with E-state index >= 15 is 0 Å². The molecule has 0 aromatic heterocycles. The maximum Gasteiger partial charge on any atom is 0.0779 e. The van der Waals surface area contributed by atoms with Crippen molar-refractivity contribution in [1.29, 1.82) is 0 Å². The number of rotatable bonds is 4. The lowest BCUT2D eigenvalue weighted by Gasteiger charge is -2.10. The van der Waals surface area contributed by atoms with Gasteiger partial charge in [0.25, 0.3) is 0 Å². The molecule has 3 nitrogen and oxygen atoms in total. The third-order valence-corrected chi connectivity index (χ3v) is 0.879. The van der Waals surface area contributed by atoms with Crippen LogP contribution in [0.2, 0.25) is 0 Å². The molecule has 2 N–H and O–H groups in total. The zero-order valence-corrected chi connectivity index (χ0v) is 8.58. The summed E-state index contributed by atoms with van der Waals surface area (Å²) in [5.41, 5.74) is 0. The van der Waals surface area contributed by atoms with Crippen LogP contribution in [0.25, 0.3) is 0 Å². The monoisotopic (exact) mass is 178 g/mol. The van der Waals surface area contributed by atoms with Crippen molar-refractivity contribution in [2.24, 2.45) is 0 Å². The number of aliphatic hydroxyl groups excluding tert-OH is 2. The van der Waals surface area contributed by atoms with Crippen LogP contribution in [0.5, 0.6) is 0 Å². The number of ether oxygens (including phenoxy) is 1. The highest BCUT2D eigenvalue weighted by Gasteiger charge is 2.00. The molecule has 0 aromatic carbocycles. The fraction of sp³-hybridized carbons (Fsp3) is 1.00. The number of aliphatic hydroxyl groups is 2. The molecule has 2 atom stereocenters. The fourth-order valence-corrected chi connectivity index (χ4v) is 0.356. The molecule has 0 saturated heterocycles. The Labute approximate surface area is 75.4 Å². The van der Waals surface area contributed by atoms with Gasteiger partial charge in [0, 0.05) is 0 Å². The lowest BCUT2D eigenvalue weighted by molar-refractivity contribution is -0.0177. The van der Waals surface area contributed by atoms with E-state index in [9.17, 15) is 0 Å². The van der Waals surface area contributed by atoms with Crippen molar-refractivity contribution >= 4 is 0 Å². The second-order valence-corrected chi connectivity index (χ2v) is 2.88. The molecule has 0 heterocycles. The average Bonchev–Trinajstić information content (AvgIpc) is 2.01. The van der Waals surface area contributed by atoms with Crippen LogP contribution >= 0.6 is 0 Å². The Morgan fingerprint density at radius 2 is 1.67 bits per heavy atom. The summed E-state index contributed by atoms with van der Waals surface area (Å²) in [5.74, 6) is 0. The zero-order chi connectivity index (χ0) is 9.98. The smallest absolute Gasteiger partial charge is 0.0779 e. The van der Waals surface area contributed by atoms with E-state index in [1.54, 1.807) is 13.8 Å². The van der Waals surface area contributed by atoms with Gasteiger partial charge >= 0.3 is 0 Å². The molecule has 2 unspecified atom stereocenters. The first-order chi connectivity index (χ1) is 5.58. The maximum atomic E-state index is 8.69. The molecule has 0 radical (unpaired) electrons. The summed E-state index contributed by atoms with van der Waals surface area (Å²) in [5, 5.41) is 17.1. The van der Waals surface area contributed by atoms with Gasteiger partial charge in [-0.25, -0.2) is 0 Å². The van der Waals surface area contributed by atoms with Crippen molar-refractivity contribution in [3.63, 3.8) is 0 Å². The van der Waals surface area contributed by atoms with Gasteiger partial charge in [-0.2, -0.15) is 0 Å². The SMILES string of the molecule is CC(O)COC(C)CO.CCC. The molecule has 0 aliphatic carbocycles. The standard InChI is InChI=1S/C6H14O3.C3H8/c1-5(8)4-9-6(2)3-7;1-3-2/h5-8H,3-4H2,1-2H3;3H2,1-2H3. The summed E-state index contributed by atoms with van der Waals surface area (Å²) >= 11 is 0. The normalized spacial score (nSPS) is 14.5. The van der Waals surface area contributed by atoms with Gasteiger partial charge < -0.3 is 14.9 Å². The molecule has 0 amide bonds. The molecule has 0 aliphatic rings. The van der Waals surface area contributed by atoms with Crippen molar-refractivity contribution in [3.05, 3.63) is 0 Å². The van der Waals surface area contributed by atoms with E-state index in [1.165, 1.54) is 6.42 Å². The summed E-state index contributed by atoms with van der Waals surface area (Å²) in [6, 6.07) is 0. The van der Waals surface area contributed by atoms with E-state index in [-0.39, 0.29) is 12.7 Å². The van der Waals surface area contributed by atoms with Crippen molar-refractivity contribution in [1.82, 2.24) is 0 Å². The second-order valence-electron chi connectivity index (χ2n) is 2.88. The first kappa shape index (κ1) is 14.4. The Kier molecular flexibility index (Phi) is 13.1. The van der Waals surface area contributed by atoms with Crippen LogP contribution in [0.1, 0.15) is 34.1 Å². The van der Waals surface area contributed by atoms with Crippen LogP contribution in [-0.2, 0) is 4.74 Å². The van der Waals surface area contributed by atoms with Crippen molar-refractivity contribution < 1.29 is 14.9 Å². The first-order valence-corrected chi connectivity index (χ1v) is 4.48. The van der Waals surface area contributed by atoms with E-state index in [0.717, 1.165) is 0 Å². The zero-order valence-electron chi connectivity index (χ0n) is 8.58. The van der Waals surface area contributed by atoms with E-state index in [1.807, 2.05) is 0 Å². The van der Waals surface area contributed by atoms with Gasteiger partial charge in [0.15, 0.2) is 0 Å². The minimum absolute atomic E-state index is 0.00667. The van der Waals surface area contributed by atoms with E-state index in [4.69, 9.17) is 14.9 Å². The van der Waals surface area contributed by atoms with Gasteiger partial charge in [0.2, 0.25) is 0 Å². The highest BCUT2D eigenvalue weighted by molar-refractivity contribution is 4.47. The molecule has 3 heteroatoms. The third kappa shape index (κ3) is 16.5. The van der Waals surface area contributed by atoms with E-state index < -0.39 is 6.10 Å². The van der Waals surface area contributed by atoms with Crippen LogP contribution < -0.4 is 0 Å². The van der Waals surface area contributed by atoms with Crippen molar-refractivity contribution in [2.45, 2.75) is 46.3 Å². The molecular formula is C9H22O3. The van der Waals surface area contributed by atoms with Crippen molar-refractivity contribution in [3.8, 4) is 0 Å². The Hall–Kier alpha value is -0.120. The van der Waals surface area contributed by atoms with Crippen molar-refractivity contribution in [2.75, 3.05) is 13.2 Å². The second kappa shape index (κ2) is 10.9. The molecule has 0 rings (SSSR count). The largest absolute Gasteiger partial charge is 0.394 e. The van der Waals surface area contributed by atoms with Crippen LogP contribution in [0.3, 0.4) is 0 Å². The lowest BCUT2D eigenvalue weighted by Crippen LogP contribution is -2.19. The van der Waals surface area contributed by atoms with Gasteiger partial charge in [-0.15, -0.1) is 0 Å². The fourth-order valence-electron chi connectivity index (χ4n) is 0.356. The quantitative estimate of drug-likeness (QED) is 0.679. The number of hydrogen-bond acceptors (Lipinski definition) is 3. The minimum Gasteiger partial charge on any atom is -0.394 e. The Morgan fingerprint density at radius 1 is 1.25 bits per heavy atom. The number of hydrogen-bond donors (Lipinski definition) is 2. The molecule has 0 fully saturated rings. The predicted molar refractivity (Wildman–Crippen MR) is 50.1 cm³/mol. The molecule has 0 aliphatic heterocycles. The van der Waals surface area contributed by atoms with Crippen LogP contribution in [-0.4, -0.2) is 35.6 Å². The van der Waals surface area contributed by atoms with Gasteiger partial charge in [0.1, 0.15) is 0 Å². The van der Waals surface area contributed by atoms with Gasteiger partial charge in [-0.05, 0) is 13.8 Å². The molecule has 76 valence electrons. The first-order valence-electron chi connectivity index (χ1n) is 4.48. The Morgan fingerprint density at radius 3 is 1.92 bits per heavy atom. The average molecular weight is 178 g/mol. The van der Waals surface area contributed by atoms with Crippen LogP contribution in [0.15, 0.2) is 0 Å². The Bertz CT molecular complexity index is 74.2. The van der Waals surface area contributed by atoms with Gasteiger partial charge in [-0.1, -0.05) is 20.3 Å². The van der Waals surface area contributed by atoms with Crippen LogP contribution in [0, 0.1) is 0 Å². The van der Waals surface area contributed by atoms with Crippen LogP contribution in [0.4, 0.5) is 0 Å². The maximum absolute atomic E-state index is 8.69. The lowest BCUT2D eigenvalue weighted by atomic mass is 10.4. The third-order valence-electron chi connectivity index (χ3n) is 0.879. The molecule has 0 spiro atoms. The highest BCUT2D eigenvalue weighted by atomic mass is 16.5. The topological polar surface area (TPSA) is 49.7 Å². The summed E-state index contributed by atoms with van der Waals surface area (Å²) in [4.78, 5) is 0. The Balaban J connectivity index is 0. The minimum atomic E-state index is -0.445. The molecule has 0 saturated carbocycles. The molecule has 0 bridgehead atoms. The summed E-state index contributed by atoms with van der Waals surface area (Å²) in [6.45, 7) is 7.95. The summed E-state index contributed by atoms with van der Waals surface area (Å²) < 4.78 is 4.95. The highest BCUT2D eigenvalue weighted by Crippen LogP contribution is 1.90. The molecule has 12 heavy (non-hydrogen) atoms. The van der Waals surface area contributed by atoms with E-state index in [2.05, 4.69) is 13.8 Å². The van der Waals surface area contributed by atoms with E-state index in [0.29, 0.717) is 6.61 Å². The molecule has 0 aromatic rings. The summed E-state index contributed by atoms with van der Waals surface area (Å²) in [7, 11) is 0. The van der Waals surface area contributed by atoms with Gasteiger partial charge in [0.05, 0.1) is 25.4 Å². The molecular weight excluding hydrogens is 156 g/mol. The summed E-state index contributed by atoms with van der Waals surface area (Å²) in [6.07, 6.45) is 0.638.